The Hall–Kier alpha value is -2.32. The molecule has 0 aliphatic heterocycles. The number of rotatable bonds is 6. The van der Waals surface area contributed by atoms with Gasteiger partial charge in [0, 0.05) is 6.04 Å². The van der Waals surface area contributed by atoms with E-state index in [0.717, 1.165) is 19.4 Å². The van der Waals surface area contributed by atoms with Crippen molar-refractivity contribution in [1.29, 1.82) is 0 Å². The average Bonchev–Trinajstić information content (AvgIpc) is 2.59. The summed E-state index contributed by atoms with van der Waals surface area (Å²) in [6.45, 7) is 5.35. The minimum Gasteiger partial charge on any atom is -0.508 e. The molecule has 2 nitrogen and oxygen atoms in total. The molecule has 0 saturated carbocycles. The first-order valence-electron chi connectivity index (χ1n) is 8.62. The highest BCUT2D eigenvalue weighted by atomic mass is 16.3. The monoisotopic (exact) mass is 319 g/mol. The summed E-state index contributed by atoms with van der Waals surface area (Å²) in [6.07, 6.45) is 2.00. The van der Waals surface area contributed by atoms with E-state index >= 15 is 0 Å². The van der Waals surface area contributed by atoms with Gasteiger partial charge in [-0.2, -0.15) is 0 Å². The zero-order chi connectivity index (χ0) is 16.9. The molecule has 3 aromatic carbocycles. The molecule has 0 bridgehead atoms. The molecule has 3 aromatic rings. The molecule has 1 atom stereocenters. The summed E-state index contributed by atoms with van der Waals surface area (Å²) >= 11 is 0. The van der Waals surface area contributed by atoms with Crippen LogP contribution >= 0.6 is 0 Å². The summed E-state index contributed by atoms with van der Waals surface area (Å²) < 4.78 is 0. The van der Waals surface area contributed by atoms with Crippen molar-refractivity contribution < 1.29 is 5.11 Å². The smallest absolute Gasteiger partial charge is 0.115 e. The van der Waals surface area contributed by atoms with Gasteiger partial charge in [-0.15, -0.1) is 0 Å². The molecule has 0 fully saturated rings. The maximum absolute atomic E-state index is 9.32. The second kappa shape index (κ2) is 7.50. The fraction of sp³-hybridized carbons (Fsp3) is 0.273. The molecule has 0 radical (unpaired) electrons. The van der Waals surface area contributed by atoms with Gasteiger partial charge in [0.25, 0.3) is 0 Å². The summed E-state index contributed by atoms with van der Waals surface area (Å²) in [5.74, 6) is 0.325. The molecule has 0 spiro atoms. The largest absolute Gasteiger partial charge is 0.508 e. The first kappa shape index (κ1) is 16.5. The molecular formula is C22H25NO. The topological polar surface area (TPSA) is 32.3 Å². The summed E-state index contributed by atoms with van der Waals surface area (Å²) in [6, 6.07) is 21.0. The lowest BCUT2D eigenvalue weighted by Gasteiger charge is -2.16. The van der Waals surface area contributed by atoms with Crippen LogP contribution < -0.4 is 5.32 Å². The number of aryl methyl sites for hydroxylation is 1. The van der Waals surface area contributed by atoms with Crippen molar-refractivity contribution in [3.05, 3.63) is 77.4 Å². The van der Waals surface area contributed by atoms with Gasteiger partial charge in [-0.25, -0.2) is 0 Å². The molecule has 0 heterocycles. The molecule has 0 aliphatic rings. The van der Waals surface area contributed by atoms with Crippen molar-refractivity contribution in [3.8, 4) is 5.75 Å². The van der Waals surface area contributed by atoms with Crippen LogP contribution in [0.1, 0.15) is 23.6 Å². The lowest BCUT2D eigenvalue weighted by Crippen LogP contribution is -2.30. The van der Waals surface area contributed by atoms with Crippen molar-refractivity contribution in [1.82, 2.24) is 5.32 Å². The summed E-state index contributed by atoms with van der Waals surface area (Å²) in [5, 5.41) is 15.7. The number of phenolic OH excluding ortho intramolecular Hbond substituents is 1. The third kappa shape index (κ3) is 3.95. The van der Waals surface area contributed by atoms with Crippen LogP contribution in [0.4, 0.5) is 0 Å². The maximum Gasteiger partial charge on any atom is 0.115 e. The van der Waals surface area contributed by atoms with Gasteiger partial charge in [0.2, 0.25) is 0 Å². The number of phenols is 1. The molecule has 0 aliphatic carbocycles. The van der Waals surface area contributed by atoms with E-state index in [9.17, 15) is 5.11 Å². The molecule has 124 valence electrons. The Balaban J connectivity index is 1.60. The van der Waals surface area contributed by atoms with Gasteiger partial charge in [0.05, 0.1) is 0 Å². The molecule has 0 saturated heterocycles. The number of aromatic hydroxyl groups is 1. The highest BCUT2D eigenvalue weighted by Gasteiger charge is 2.07. The second-order valence-electron chi connectivity index (χ2n) is 6.56. The Morgan fingerprint density at radius 1 is 0.917 bits per heavy atom. The molecule has 3 rings (SSSR count). The van der Waals surface area contributed by atoms with E-state index in [1.807, 2.05) is 12.1 Å². The molecular weight excluding hydrogens is 294 g/mol. The maximum atomic E-state index is 9.32. The zero-order valence-electron chi connectivity index (χ0n) is 14.4. The normalized spacial score (nSPS) is 12.4. The lowest BCUT2D eigenvalue weighted by molar-refractivity contribution is 0.475. The molecule has 2 heteroatoms. The minimum atomic E-state index is 0.325. The summed E-state index contributed by atoms with van der Waals surface area (Å²) in [7, 11) is 0. The van der Waals surface area contributed by atoms with Gasteiger partial charge in [0.15, 0.2) is 0 Å². The van der Waals surface area contributed by atoms with E-state index in [2.05, 4.69) is 55.6 Å². The quantitative estimate of drug-likeness (QED) is 0.695. The lowest BCUT2D eigenvalue weighted by atomic mass is 9.96. The molecule has 2 N–H and O–H groups in total. The third-order valence-electron chi connectivity index (χ3n) is 4.60. The summed E-state index contributed by atoms with van der Waals surface area (Å²) in [5.41, 5.74) is 3.98. The van der Waals surface area contributed by atoms with Crippen LogP contribution in [0.5, 0.6) is 5.75 Å². The van der Waals surface area contributed by atoms with Gasteiger partial charge in [-0.3, -0.25) is 0 Å². The van der Waals surface area contributed by atoms with Crippen LogP contribution in [0.15, 0.2) is 60.7 Å². The van der Waals surface area contributed by atoms with Crippen molar-refractivity contribution in [2.45, 2.75) is 32.7 Å². The Morgan fingerprint density at radius 3 is 2.38 bits per heavy atom. The molecule has 1 unspecified atom stereocenters. The van der Waals surface area contributed by atoms with E-state index in [1.165, 1.54) is 27.5 Å². The van der Waals surface area contributed by atoms with Gasteiger partial charge < -0.3 is 10.4 Å². The minimum absolute atomic E-state index is 0.325. The highest BCUT2D eigenvalue weighted by Crippen LogP contribution is 2.23. The second-order valence-corrected chi connectivity index (χ2v) is 6.56. The van der Waals surface area contributed by atoms with Gasteiger partial charge in [-0.1, -0.05) is 48.5 Å². The Bertz CT molecular complexity index is 808. The SMILES string of the molecule is Cc1ccc(CC(C)NCCc2ccc(O)cc2)c2ccccc12. The predicted molar refractivity (Wildman–Crippen MR) is 102 cm³/mol. The fourth-order valence-electron chi connectivity index (χ4n) is 3.22. The molecule has 0 aromatic heterocycles. The van der Waals surface area contributed by atoms with Crippen molar-refractivity contribution in [2.75, 3.05) is 6.54 Å². The van der Waals surface area contributed by atoms with E-state index in [-0.39, 0.29) is 0 Å². The number of nitrogens with one attached hydrogen (secondary N) is 1. The Kier molecular flexibility index (Phi) is 5.17. The van der Waals surface area contributed by atoms with Crippen molar-refractivity contribution in [2.24, 2.45) is 0 Å². The Labute approximate surface area is 144 Å². The van der Waals surface area contributed by atoms with Gasteiger partial charge >= 0.3 is 0 Å². The molecule has 24 heavy (non-hydrogen) atoms. The van der Waals surface area contributed by atoms with Crippen molar-refractivity contribution >= 4 is 10.8 Å². The first-order chi connectivity index (χ1) is 11.6. The van der Waals surface area contributed by atoms with Crippen LogP contribution in [-0.2, 0) is 12.8 Å². The van der Waals surface area contributed by atoms with E-state index in [4.69, 9.17) is 0 Å². The first-order valence-corrected chi connectivity index (χ1v) is 8.62. The molecule has 0 amide bonds. The van der Waals surface area contributed by atoms with Crippen LogP contribution in [0, 0.1) is 6.92 Å². The predicted octanol–water partition coefficient (Wildman–Crippen LogP) is 4.62. The van der Waals surface area contributed by atoms with E-state index in [0.29, 0.717) is 11.8 Å². The Morgan fingerprint density at radius 2 is 1.62 bits per heavy atom. The zero-order valence-corrected chi connectivity index (χ0v) is 14.4. The highest BCUT2D eigenvalue weighted by molar-refractivity contribution is 5.88. The standard InChI is InChI=1S/C22H25NO/c1-16-7-10-19(22-6-4-3-5-21(16)22)15-17(2)23-14-13-18-8-11-20(24)12-9-18/h3-12,17,23-24H,13-15H2,1-2H3. The number of hydrogen-bond donors (Lipinski definition) is 2. The number of hydrogen-bond acceptors (Lipinski definition) is 2. The number of fused-ring (bicyclic) bond motifs is 1. The average molecular weight is 319 g/mol. The van der Waals surface area contributed by atoms with E-state index in [1.54, 1.807) is 12.1 Å². The fourth-order valence-corrected chi connectivity index (χ4v) is 3.22. The van der Waals surface area contributed by atoms with Crippen LogP contribution in [0.2, 0.25) is 0 Å². The van der Waals surface area contributed by atoms with Crippen LogP contribution in [0.3, 0.4) is 0 Å². The third-order valence-corrected chi connectivity index (χ3v) is 4.60. The number of benzene rings is 3. The summed E-state index contributed by atoms with van der Waals surface area (Å²) in [4.78, 5) is 0. The van der Waals surface area contributed by atoms with Crippen LogP contribution in [0.25, 0.3) is 10.8 Å². The van der Waals surface area contributed by atoms with Gasteiger partial charge in [0.1, 0.15) is 5.75 Å². The van der Waals surface area contributed by atoms with E-state index < -0.39 is 0 Å². The van der Waals surface area contributed by atoms with Crippen LogP contribution in [-0.4, -0.2) is 17.7 Å². The van der Waals surface area contributed by atoms with Crippen molar-refractivity contribution in [3.63, 3.8) is 0 Å². The van der Waals surface area contributed by atoms with Gasteiger partial charge in [-0.05, 0) is 72.8 Å².